The SMILES string of the molecule is Cc1nc2ccccc2c(=O)n1-c1ccc(C(=O)N2CCOCC2Cc2cn(-c3ccc(Br)c(Cl)c3)nn2)cc1. The van der Waals surface area contributed by atoms with E-state index in [-0.39, 0.29) is 17.5 Å². The average molecular weight is 620 g/mol. The molecule has 3 aromatic carbocycles. The average Bonchev–Trinajstić information content (AvgIpc) is 3.43. The molecular weight excluding hydrogens is 596 g/mol. The van der Waals surface area contributed by atoms with Crippen LogP contribution in [0.2, 0.25) is 5.02 Å². The molecule has 2 aromatic heterocycles. The molecule has 1 aliphatic heterocycles. The molecule has 1 amide bonds. The summed E-state index contributed by atoms with van der Waals surface area (Å²) in [5.74, 6) is 0.474. The van der Waals surface area contributed by atoms with E-state index < -0.39 is 0 Å². The van der Waals surface area contributed by atoms with Crippen molar-refractivity contribution in [1.29, 1.82) is 0 Å². The highest BCUT2D eigenvalue weighted by Crippen LogP contribution is 2.25. The van der Waals surface area contributed by atoms with E-state index in [1.807, 2.05) is 41.4 Å². The molecule has 6 rings (SSSR count). The number of hydrogen-bond acceptors (Lipinski definition) is 6. The topological polar surface area (TPSA) is 95.1 Å². The van der Waals surface area contributed by atoms with Crippen molar-refractivity contribution in [3.63, 3.8) is 0 Å². The number of benzene rings is 3. The number of hydrogen-bond donors (Lipinski definition) is 0. The highest BCUT2D eigenvalue weighted by Gasteiger charge is 2.29. The van der Waals surface area contributed by atoms with Gasteiger partial charge >= 0.3 is 0 Å². The second-order valence-corrected chi connectivity index (χ2v) is 10.8. The molecule has 1 saturated heterocycles. The number of halogens is 2. The van der Waals surface area contributed by atoms with E-state index in [2.05, 4.69) is 31.2 Å². The fourth-order valence-corrected chi connectivity index (χ4v) is 5.37. The second kappa shape index (κ2) is 11.0. The van der Waals surface area contributed by atoms with Crippen LogP contribution < -0.4 is 5.56 Å². The van der Waals surface area contributed by atoms with Crippen molar-refractivity contribution >= 4 is 44.3 Å². The van der Waals surface area contributed by atoms with Crippen LogP contribution in [0.4, 0.5) is 0 Å². The van der Waals surface area contributed by atoms with Crippen LogP contribution in [0.25, 0.3) is 22.3 Å². The first-order chi connectivity index (χ1) is 19.4. The molecule has 0 N–H and O–H groups in total. The summed E-state index contributed by atoms with van der Waals surface area (Å²) in [7, 11) is 0. The molecule has 202 valence electrons. The summed E-state index contributed by atoms with van der Waals surface area (Å²) in [6.45, 7) is 3.13. The van der Waals surface area contributed by atoms with Crippen molar-refractivity contribution in [3.8, 4) is 11.4 Å². The van der Waals surface area contributed by atoms with Gasteiger partial charge in [-0.25, -0.2) is 9.67 Å². The Labute approximate surface area is 243 Å². The van der Waals surface area contributed by atoms with Crippen LogP contribution in [-0.2, 0) is 11.2 Å². The van der Waals surface area contributed by atoms with E-state index in [9.17, 15) is 9.59 Å². The zero-order chi connectivity index (χ0) is 27.8. The van der Waals surface area contributed by atoms with Gasteiger partial charge in [0, 0.05) is 23.0 Å². The number of carbonyl (C=O) groups is 1. The maximum Gasteiger partial charge on any atom is 0.265 e. The number of fused-ring (bicyclic) bond motifs is 1. The molecule has 1 fully saturated rings. The maximum atomic E-state index is 13.6. The zero-order valence-corrected chi connectivity index (χ0v) is 23.8. The van der Waals surface area contributed by atoms with Crippen LogP contribution >= 0.6 is 27.5 Å². The minimum atomic E-state index is -0.200. The van der Waals surface area contributed by atoms with Crippen LogP contribution in [0.1, 0.15) is 21.9 Å². The normalized spacial score (nSPS) is 15.5. The molecule has 5 aromatic rings. The lowest BCUT2D eigenvalue weighted by molar-refractivity contribution is -0.00189. The summed E-state index contributed by atoms with van der Waals surface area (Å²) in [5, 5.41) is 9.68. The molecule has 0 radical (unpaired) electrons. The summed E-state index contributed by atoms with van der Waals surface area (Å²) in [6.07, 6.45) is 2.33. The lowest BCUT2D eigenvalue weighted by Gasteiger charge is -2.35. The molecule has 40 heavy (non-hydrogen) atoms. The summed E-state index contributed by atoms with van der Waals surface area (Å²) >= 11 is 9.63. The molecule has 0 spiro atoms. The van der Waals surface area contributed by atoms with Crippen molar-refractivity contribution in [1.82, 2.24) is 29.4 Å². The summed E-state index contributed by atoms with van der Waals surface area (Å²) in [6, 6.07) is 19.7. The molecule has 1 unspecified atom stereocenters. The van der Waals surface area contributed by atoms with Gasteiger partial charge < -0.3 is 9.64 Å². The van der Waals surface area contributed by atoms with Crippen LogP contribution in [0.15, 0.2) is 82.2 Å². The van der Waals surface area contributed by atoms with E-state index in [1.165, 1.54) is 0 Å². The maximum absolute atomic E-state index is 13.6. The van der Waals surface area contributed by atoms with E-state index in [0.717, 1.165) is 15.9 Å². The Morgan fingerprint density at radius 1 is 1.10 bits per heavy atom. The van der Waals surface area contributed by atoms with E-state index in [4.69, 9.17) is 16.3 Å². The number of nitrogens with zero attached hydrogens (tertiary/aromatic N) is 6. The molecule has 0 bridgehead atoms. The van der Waals surface area contributed by atoms with Crippen LogP contribution in [-0.4, -0.2) is 61.2 Å². The Morgan fingerprint density at radius 2 is 1.88 bits per heavy atom. The van der Waals surface area contributed by atoms with Gasteiger partial charge in [-0.05, 0) is 77.5 Å². The number of para-hydroxylation sites is 1. The van der Waals surface area contributed by atoms with Crippen molar-refractivity contribution in [2.45, 2.75) is 19.4 Å². The van der Waals surface area contributed by atoms with E-state index >= 15 is 0 Å². The van der Waals surface area contributed by atoms with E-state index in [0.29, 0.717) is 59.2 Å². The lowest BCUT2D eigenvalue weighted by Crippen LogP contribution is -2.49. The van der Waals surface area contributed by atoms with Gasteiger partial charge in [-0.1, -0.05) is 28.9 Å². The first kappa shape index (κ1) is 26.4. The van der Waals surface area contributed by atoms with Gasteiger partial charge in [0.15, 0.2) is 0 Å². The first-order valence-corrected chi connectivity index (χ1v) is 13.9. The Balaban J connectivity index is 1.22. The van der Waals surface area contributed by atoms with Gasteiger partial charge in [-0.2, -0.15) is 0 Å². The molecule has 1 atom stereocenters. The Bertz CT molecular complexity index is 1790. The lowest BCUT2D eigenvalue weighted by atomic mass is 10.1. The number of ether oxygens (including phenoxy) is 1. The smallest absolute Gasteiger partial charge is 0.265 e. The molecule has 0 aliphatic carbocycles. The van der Waals surface area contributed by atoms with Crippen molar-refractivity contribution in [3.05, 3.63) is 110 Å². The molecular formula is C29H24BrClN6O3. The highest BCUT2D eigenvalue weighted by atomic mass is 79.9. The van der Waals surface area contributed by atoms with Crippen LogP contribution in [0.5, 0.6) is 0 Å². The Morgan fingerprint density at radius 3 is 2.67 bits per heavy atom. The fourth-order valence-electron chi connectivity index (χ4n) is 4.95. The molecule has 1 aliphatic rings. The number of aryl methyl sites for hydroxylation is 1. The molecule has 9 nitrogen and oxygen atoms in total. The number of aromatic nitrogens is 5. The standard InChI is InChI=1S/C29H24BrClN6O3/c1-18-32-27-5-3-2-4-24(27)29(39)37(18)21-8-6-19(7-9-21)28(38)35-12-13-40-17-23(35)14-20-16-36(34-33-20)22-10-11-25(30)26(31)15-22/h2-11,15-16,23H,12-14,17H2,1H3. The van der Waals surface area contributed by atoms with Crippen molar-refractivity contribution in [2.24, 2.45) is 0 Å². The van der Waals surface area contributed by atoms with Crippen molar-refractivity contribution in [2.75, 3.05) is 19.8 Å². The predicted molar refractivity (Wildman–Crippen MR) is 155 cm³/mol. The second-order valence-electron chi connectivity index (χ2n) is 9.55. The Kier molecular flexibility index (Phi) is 7.22. The molecule has 11 heteroatoms. The fraction of sp³-hybridized carbons (Fsp3) is 0.207. The summed E-state index contributed by atoms with van der Waals surface area (Å²) in [4.78, 5) is 33.1. The third-order valence-electron chi connectivity index (χ3n) is 6.96. The third kappa shape index (κ3) is 5.05. The minimum Gasteiger partial charge on any atom is -0.377 e. The molecule has 3 heterocycles. The summed E-state index contributed by atoms with van der Waals surface area (Å²) in [5.41, 5.74) is 3.22. The van der Waals surface area contributed by atoms with Crippen LogP contribution in [0.3, 0.4) is 0 Å². The monoisotopic (exact) mass is 618 g/mol. The first-order valence-electron chi connectivity index (χ1n) is 12.7. The van der Waals surface area contributed by atoms with Gasteiger partial charge in [-0.3, -0.25) is 14.2 Å². The number of amides is 1. The zero-order valence-electron chi connectivity index (χ0n) is 21.5. The van der Waals surface area contributed by atoms with Gasteiger partial charge in [0.1, 0.15) is 5.82 Å². The highest BCUT2D eigenvalue weighted by molar-refractivity contribution is 9.10. The molecule has 0 saturated carbocycles. The third-order valence-corrected chi connectivity index (χ3v) is 8.19. The van der Waals surface area contributed by atoms with Crippen LogP contribution in [0, 0.1) is 6.92 Å². The number of rotatable bonds is 5. The predicted octanol–water partition coefficient (Wildman–Crippen LogP) is 4.77. The number of carbonyl (C=O) groups excluding carboxylic acids is 1. The summed E-state index contributed by atoms with van der Waals surface area (Å²) < 4.78 is 9.74. The number of morpholine rings is 1. The largest absolute Gasteiger partial charge is 0.377 e. The van der Waals surface area contributed by atoms with Gasteiger partial charge in [0.2, 0.25) is 0 Å². The quantitative estimate of drug-likeness (QED) is 0.281. The van der Waals surface area contributed by atoms with E-state index in [1.54, 1.807) is 52.6 Å². The van der Waals surface area contributed by atoms with Gasteiger partial charge in [0.05, 0.1) is 58.4 Å². The van der Waals surface area contributed by atoms with Gasteiger partial charge in [0.25, 0.3) is 11.5 Å². The Hall–Kier alpha value is -3.86. The van der Waals surface area contributed by atoms with Gasteiger partial charge in [-0.15, -0.1) is 5.10 Å². The van der Waals surface area contributed by atoms with Crippen molar-refractivity contribution < 1.29 is 9.53 Å². The minimum absolute atomic E-state index is 0.104.